The van der Waals surface area contributed by atoms with Crippen LogP contribution in [0.15, 0.2) is 31.0 Å². The van der Waals surface area contributed by atoms with Gasteiger partial charge < -0.3 is 4.74 Å². The smallest absolute Gasteiger partial charge is 0.338 e. The van der Waals surface area contributed by atoms with Gasteiger partial charge in [-0.3, -0.25) is 0 Å². The largest absolute Gasteiger partial charge is 0.465 e. The molecule has 0 amide bonds. The van der Waals surface area contributed by atoms with Gasteiger partial charge in [0, 0.05) is 17.1 Å². The van der Waals surface area contributed by atoms with E-state index in [1.807, 2.05) is 0 Å². The number of esters is 1. The van der Waals surface area contributed by atoms with Crippen LogP contribution in [0.3, 0.4) is 0 Å². The SMILES string of the molecule is C=Cc1ccc(C(=O)OC)c2ccn(F)c12. The van der Waals surface area contributed by atoms with Crippen molar-refractivity contribution in [2.24, 2.45) is 0 Å². The van der Waals surface area contributed by atoms with Gasteiger partial charge in [-0.1, -0.05) is 23.2 Å². The van der Waals surface area contributed by atoms with Crippen LogP contribution >= 0.6 is 0 Å². The summed E-state index contributed by atoms with van der Waals surface area (Å²) < 4.78 is 18.1. The predicted octanol–water partition coefficient (Wildman–Crippen LogP) is 2.80. The van der Waals surface area contributed by atoms with E-state index in [0.29, 0.717) is 26.8 Å². The molecule has 0 aliphatic rings. The minimum absolute atomic E-state index is 0.331. The maximum absolute atomic E-state index is 13.5. The molecule has 3 nitrogen and oxygen atoms in total. The third kappa shape index (κ3) is 1.39. The number of nitrogens with zero attached hydrogens (tertiary/aromatic N) is 1. The molecule has 2 rings (SSSR count). The predicted molar refractivity (Wildman–Crippen MR) is 59.9 cm³/mol. The van der Waals surface area contributed by atoms with Crippen molar-refractivity contribution < 1.29 is 14.0 Å². The Morgan fingerprint density at radius 1 is 1.50 bits per heavy atom. The molecular formula is C12H10FNO2. The van der Waals surface area contributed by atoms with Gasteiger partial charge >= 0.3 is 5.97 Å². The standard InChI is InChI=1S/C12H10FNO2/c1-3-8-4-5-10(12(15)16-2)9-6-7-14(13)11(8)9/h3-7H,1H2,2H3. The van der Waals surface area contributed by atoms with Gasteiger partial charge in [0.2, 0.25) is 0 Å². The Hall–Kier alpha value is -2.10. The maximum Gasteiger partial charge on any atom is 0.338 e. The highest BCUT2D eigenvalue weighted by molar-refractivity contribution is 6.05. The molecule has 0 unspecified atom stereocenters. The second kappa shape index (κ2) is 3.81. The molecule has 4 heteroatoms. The zero-order chi connectivity index (χ0) is 11.7. The van der Waals surface area contributed by atoms with Gasteiger partial charge in [0.15, 0.2) is 0 Å². The summed E-state index contributed by atoms with van der Waals surface area (Å²) in [6.45, 7) is 3.60. The van der Waals surface area contributed by atoms with Crippen LogP contribution in [-0.2, 0) is 4.74 Å². The summed E-state index contributed by atoms with van der Waals surface area (Å²) in [6.07, 6.45) is 2.80. The second-order valence-electron chi connectivity index (χ2n) is 3.29. The molecule has 0 radical (unpaired) electrons. The van der Waals surface area contributed by atoms with E-state index in [0.717, 1.165) is 0 Å². The number of hydrogen-bond donors (Lipinski definition) is 0. The molecule has 0 N–H and O–H groups in total. The molecule has 1 aromatic carbocycles. The van der Waals surface area contributed by atoms with Gasteiger partial charge in [0.1, 0.15) is 0 Å². The first-order valence-corrected chi connectivity index (χ1v) is 4.70. The topological polar surface area (TPSA) is 31.2 Å². The summed E-state index contributed by atoms with van der Waals surface area (Å²) in [6, 6.07) is 4.78. The maximum atomic E-state index is 13.5. The number of fused-ring (bicyclic) bond motifs is 1. The van der Waals surface area contributed by atoms with Crippen molar-refractivity contribution in [1.82, 2.24) is 4.79 Å². The highest BCUT2D eigenvalue weighted by Crippen LogP contribution is 2.25. The lowest BCUT2D eigenvalue weighted by atomic mass is 10.1. The molecule has 0 spiro atoms. The van der Waals surface area contributed by atoms with E-state index in [9.17, 15) is 9.28 Å². The van der Waals surface area contributed by atoms with Crippen LogP contribution in [0.25, 0.3) is 17.0 Å². The van der Waals surface area contributed by atoms with Crippen molar-refractivity contribution in [2.45, 2.75) is 0 Å². The Kier molecular flexibility index (Phi) is 2.48. The Labute approximate surface area is 91.7 Å². The highest BCUT2D eigenvalue weighted by Gasteiger charge is 2.14. The normalized spacial score (nSPS) is 10.4. The second-order valence-corrected chi connectivity index (χ2v) is 3.29. The summed E-state index contributed by atoms with van der Waals surface area (Å²) in [5.74, 6) is -0.480. The molecular weight excluding hydrogens is 209 g/mol. The monoisotopic (exact) mass is 219 g/mol. The van der Waals surface area contributed by atoms with Crippen molar-refractivity contribution in [3.8, 4) is 0 Å². The van der Waals surface area contributed by atoms with Gasteiger partial charge in [0.05, 0.1) is 18.2 Å². The fourth-order valence-electron chi connectivity index (χ4n) is 1.70. The summed E-state index contributed by atoms with van der Waals surface area (Å²) in [5.41, 5.74) is 1.31. The van der Waals surface area contributed by atoms with Gasteiger partial charge in [-0.05, 0) is 12.1 Å². The number of halogens is 1. The lowest BCUT2D eigenvalue weighted by Gasteiger charge is -2.04. The summed E-state index contributed by atoms with van der Waals surface area (Å²) in [5, 5.41) is 0.520. The number of benzene rings is 1. The first-order chi connectivity index (χ1) is 7.69. The number of hydrogen-bond acceptors (Lipinski definition) is 2. The van der Waals surface area contributed by atoms with Gasteiger partial charge in [-0.25, -0.2) is 4.79 Å². The van der Waals surface area contributed by atoms with Crippen LogP contribution < -0.4 is 0 Å². The van der Waals surface area contributed by atoms with Gasteiger partial charge in [-0.2, -0.15) is 4.79 Å². The summed E-state index contributed by atoms with van der Waals surface area (Å²) >= 11 is 0. The Bertz CT molecular complexity index is 572. The summed E-state index contributed by atoms with van der Waals surface area (Å²) in [7, 11) is 1.29. The number of carbonyl (C=O) groups is 1. The Morgan fingerprint density at radius 3 is 2.88 bits per heavy atom. The van der Waals surface area contributed by atoms with Crippen LogP contribution in [0.1, 0.15) is 15.9 Å². The summed E-state index contributed by atoms with van der Waals surface area (Å²) in [4.78, 5) is 11.9. The van der Waals surface area contributed by atoms with Crippen LogP contribution in [0.4, 0.5) is 4.48 Å². The molecule has 82 valence electrons. The van der Waals surface area contributed by atoms with E-state index in [-0.39, 0.29) is 0 Å². The number of carbonyl (C=O) groups excluding carboxylic acids is 1. The number of rotatable bonds is 2. The lowest BCUT2D eigenvalue weighted by molar-refractivity contribution is 0.0603. The van der Waals surface area contributed by atoms with Crippen molar-refractivity contribution in [3.05, 3.63) is 42.1 Å². The van der Waals surface area contributed by atoms with E-state index < -0.39 is 5.97 Å². The zero-order valence-corrected chi connectivity index (χ0v) is 8.74. The third-order valence-electron chi connectivity index (χ3n) is 2.46. The molecule has 0 aliphatic carbocycles. The van der Waals surface area contributed by atoms with E-state index in [4.69, 9.17) is 0 Å². The fourth-order valence-corrected chi connectivity index (χ4v) is 1.70. The molecule has 0 fully saturated rings. The van der Waals surface area contributed by atoms with E-state index >= 15 is 0 Å². The van der Waals surface area contributed by atoms with Gasteiger partial charge in [0.25, 0.3) is 0 Å². The molecule has 0 bridgehead atoms. The number of aromatic nitrogens is 1. The van der Waals surface area contributed by atoms with E-state index in [1.54, 1.807) is 18.2 Å². The van der Waals surface area contributed by atoms with Crippen molar-refractivity contribution in [3.63, 3.8) is 0 Å². The molecule has 0 saturated carbocycles. The first kappa shape index (κ1) is 10.4. The average molecular weight is 219 g/mol. The van der Waals surface area contributed by atoms with Crippen molar-refractivity contribution in [1.29, 1.82) is 0 Å². The number of ether oxygens (including phenoxy) is 1. The quantitative estimate of drug-likeness (QED) is 0.727. The minimum Gasteiger partial charge on any atom is -0.465 e. The first-order valence-electron chi connectivity index (χ1n) is 4.70. The van der Waals surface area contributed by atoms with E-state index in [2.05, 4.69) is 11.3 Å². The highest BCUT2D eigenvalue weighted by atomic mass is 19.2. The van der Waals surface area contributed by atoms with Gasteiger partial charge in [-0.15, -0.1) is 0 Å². The van der Waals surface area contributed by atoms with Crippen LogP contribution in [-0.4, -0.2) is 17.9 Å². The Balaban J connectivity index is 2.81. The molecule has 1 aromatic heterocycles. The van der Waals surface area contributed by atoms with E-state index in [1.165, 1.54) is 19.4 Å². The van der Waals surface area contributed by atoms with Crippen LogP contribution in [0.2, 0.25) is 0 Å². The molecule has 0 atom stereocenters. The fraction of sp³-hybridized carbons (Fsp3) is 0.0833. The minimum atomic E-state index is -0.480. The van der Waals surface area contributed by atoms with Crippen molar-refractivity contribution >= 4 is 22.9 Å². The molecule has 2 aromatic rings. The molecule has 0 saturated heterocycles. The molecule has 0 aliphatic heterocycles. The van der Waals surface area contributed by atoms with Crippen LogP contribution in [0, 0.1) is 0 Å². The zero-order valence-electron chi connectivity index (χ0n) is 8.74. The molecule has 1 heterocycles. The van der Waals surface area contributed by atoms with Crippen LogP contribution in [0.5, 0.6) is 0 Å². The lowest BCUT2D eigenvalue weighted by Crippen LogP contribution is -2.02. The number of methoxy groups -OCH3 is 1. The average Bonchev–Trinajstić information content (AvgIpc) is 2.70. The Morgan fingerprint density at radius 2 is 2.25 bits per heavy atom. The van der Waals surface area contributed by atoms with Crippen molar-refractivity contribution in [2.75, 3.05) is 7.11 Å². The molecule has 16 heavy (non-hydrogen) atoms. The third-order valence-corrected chi connectivity index (χ3v) is 2.46.